The van der Waals surface area contributed by atoms with Gasteiger partial charge in [-0.3, -0.25) is 24.0 Å². The normalized spacial score (nSPS) is 20.2. The number of primary amides is 2. The van der Waals surface area contributed by atoms with Gasteiger partial charge >= 0.3 is 12.1 Å². The van der Waals surface area contributed by atoms with Gasteiger partial charge in [0.15, 0.2) is 0 Å². The summed E-state index contributed by atoms with van der Waals surface area (Å²) in [5.74, 6) is -0.995. The average molecular weight is 616 g/mol. The van der Waals surface area contributed by atoms with E-state index < -0.39 is 24.0 Å². The minimum Gasteiger partial charge on any atom is -0.368 e. The van der Waals surface area contributed by atoms with Crippen LogP contribution in [0, 0.1) is 22.7 Å². The zero-order chi connectivity index (χ0) is 33.3. The third-order valence-corrected chi connectivity index (χ3v) is 7.89. The highest BCUT2D eigenvalue weighted by molar-refractivity contribution is 5.82. The molecule has 4 amide bonds. The number of nitrogens with one attached hydrogen (secondary N) is 2. The maximum absolute atomic E-state index is 12.0. The molecule has 43 heavy (non-hydrogen) atoms. The Hall–Kier alpha value is -3.38. The van der Waals surface area contributed by atoms with Crippen molar-refractivity contribution in [1.29, 1.82) is 0 Å². The van der Waals surface area contributed by atoms with E-state index in [0.29, 0.717) is 29.7 Å². The third-order valence-electron chi connectivity index (χ3n) is 7.89. The van der Waals surface area contributed by atoms with Crippen molar-refractivity contribution in [3.8, 4) is 0 Å². The van der Waals surface area contributed by atoms with Crippen LogP contribution in [0.5, 0.6) is 0 Å². The van der Waals surface area contributed by atoms with Crippen LogP contribution in [0.25, 0.3) is 0 Å². The fourth-order valence-electron chi connectivity index (χ4n) is 5.32. The van der Waals surface area contributed by atoms with Crippen LogP contribution in [-0.4, -0.2) is 59.3 Å². The Bertz CT molecular complexity index is 1180. The van der Waals surface area contributed by atoms with Crippen molar-refractivity contribution < 1.29 is 32.3 Å². The standard InChI is InChI=1S/C13H17N3O3.C13H23NO.C2H2F3NO.C2H6/c14-12(18)11(15-7-17)6-9-5-8-3-1-2-4-10(8)16-13(9)19;1-12(2,3)6-11(15)14-7-9-10(8-14)13(9,4)5;3-2(4,5)1(6)7;1-2/h5,7,11H,1-4,6H2,(H2,14,18)(H,15,17)(H,16,19);9-10H,6-8H2,1-5H3;(H2,6,7);1-2H3. The summed E-state index contributed by atoms with van der Waals surface area (Å²) < 4.78 is 32.1. The average Bonchev–Trinajstić information content (AvgIpc) is 3.20. The zero-order valence-electron chi connectivity index (χ0n) is 26.3. The van der Waals surface area contributed by atoms with Crippen LogP contribution < -0.4 is 22.3 Å². The largest absolute Gasteiger partial charge is 0.470 e. The number of nitrogens with two attached hydrogens (primary N) is 2. The molecule has 0 bridgehead atoms. The first kappa shape index (κ1) is 37.6. The second-order valence-electron chi connectivity index (χ2n) is 12.7. The van der Waals surface area contributed by atoms with Crippen molar-refractivity contribution in [2.75, 3.05) is 13.1 Å². The predicted molar refractivity (Wildman–Crippen MR) is 158 cm³/mol. The van der Waals surface area contributed by atoms with Crippen molar-refractivity contribution in [3.05, 3.63) is 33.2 Å². The summed E-state index contributed by atoms with van der Waals surface area (Å²) in [6.45, 7) is 17.1. The number of carbonyl (C=O) groups is 4. The maximum Gasteiger partial charge on any atom is 0.470 e. The van der Waals surface area contributed by atoms with E-state index in [1.165, 1.54) is 0 Å². The lowest BCUT2D eigenvalue weighted by Gasteiger charge is -2.26. The molecule has 1 aromatic heterocycles. The van der Waals surface area contributed by atoms with Gasteiger partial charge in [0, 0.05) is 37.2 Å². The number of hydrogen-bond acceptors (Lipinski definition) is 5. The number of aromatic amines is 1. The Morgan fingerprint density at radius 3 is 2.05 bits per heavy atom. The van der Waals surface area contributed by atoms with E-state index in [-0.39, 0.29) is 17.4 Å². The Kier molecular flexibility index (Phi) is 13.5. The number of carbonyl (C=O) groups excluding carboxylic acids is 4. The number of halogens is 3. The molecule has 2 fully saturated rings. The molecule has 6 N–H and O–H groups in total. The van der Waals surface area contributed by atoms with Crippen LogP contribution in [0.3, 0.4) is 0 Å². The van der Waals surface area contributed by atoms with Crippen LogP contribution in [0.2, 0.25) is 0 Å². The van der Waals surface area contributed by atoms with E-state index in [9.17, 15) is 32.3 Å². The summed E-state index contributed by atoms with van der Waals surface area (Å²) in [6.07, 6.45) is 0.368. The van der Waals surface area contributed by atoms with Crippen LogP contribution in [-0.2, 0) is 38.4 Å². The summed E-state index contributed by atoms with van der Waals surface area (Å²) in [5, 5.41) is 2.33. The summed E-state index contributed by atoms with van der Waals surface area (Å²) in [6, 6.07) is 0.982. The van der Waals surface area contributed by atoms with Gasteiger partial charge in [0.2, 0.25) is 18.2 Å². The Balaban J connectivity index is 0.000000343. The van der Waals surface area contributed by atoms with E-state index in [1.54, 1.807) is 0 Å². The van der Waals surface area contributed by atoms with Crippen LogP contribution in [0.4, 0.5) is 13.2 Å². The first-order valence-electron chi connectivity index (χ1n) is 14.6. The molecule has 10 nitrogen and oxygen atoms in total. The Morgan fingerprint density at radius 2 is 1.60 bits per heavy atom. The number of alkyl halides is 3. The fourth-order valence-corrected chi connectivity index (χ4v) is 5.32. The first-order chi connectivity index (χ1) is 19.8. The molecule has 0 spiro atoms. The second-order valence-corrected chi connectivity index (χ2v) is 12.7. The molecule has 3 aliphatic rings. The molecule has 1 saturated heterocycles. The van der Waals surface area contributed by atoms with Crippen LogP contribution in [0.1, 0.15) is 84.5 Å². The number of rotatable bonds is 6. The lowest BCUT2D eigenvalue weighted by atomic mass is 9.91. The molecule has 4 rings (SSSR count). The smallest absolute Gasteiger partial charge is 0.368 e. The predicted octanol–water partition coefficient (Wildman–Crippen LogP) is 2.99. The van der Waals surface area contributed by atoms with Gasteiger partial charge in [-0.1, -0.05) is 48.5 Å². The lowest BCUT2D eigenvalue weighted by Crippen LogP contribution is -2.43. The SMILES string of the molecule is CC.CC(C)(C)CC(=O)N1CC2C(C1)C2(C)C.NC(=O)C(Cc1cc2c([nH]c1=O)CCCC2)NC=O.NC(=O)C(F)(F)F. The highest BCUT2D eigenvalue weighted by atomic mass is 19.4. The molecule has 1 aliphatic heterocycles. The number of pyridine rings is 1. The molecule has 1 aromatic rings. The maximum atomic E-state index is 12.0. The van der Waals surface area contributed by atoms with Gasteiger partial charge in [-0.2, -0.15) is 13.2 Å². The van der Waals surface area contributed by atoms with Crippen LogP contribution >= 0.6 is 0 Å². The number of fused-ring (bicyclic) bond motifs is 2. The van der Waals surface area contributed by atoms with Crippen molar-refractivity contribution >= 4 is 24.1 Å². The molecular formula is C30H48F3N5O5. The lowest BCUT2D eigenvalue weighted by molar-refractivity contribution is -0.169. The molecular weight excluding hydrogens is 567 g/mol. The van der Waals surface area contributed by atoms with Crippen molar-refractivity contribution in [2.45, 2.75) is 99.2 Å². The van der Waals surface area contributed by atoms with Crippen molar-refractivity contribution in [2.24, 2.45) is 34.1 Å². The Labute approximate surface area is 251 Å². The number of hydrogen-bond donors (Lipinski definition) is 4. The van der Waals surface area contributed by atoms with E-state index in [4.69, 9.17) is 10.5 Å². The minimum atomic E-state index is -4.86. The highest BCUT2D eigenvalue weighted by Gasteiger charge is 2.62. The second kappa shape index (κ2) is 15.4. The van der Waals surface area contributed by atoms with E-state index in [0.717, 1.165) is 61.9 Å². The van der Waals surface area contributed by atoms with Crippen molar-refractivity contribution in [3.63, 3.8) is 0 Å². The van der Waals surface area contributed by atoms with Gasteiger partial charge in [0.05, 0.1) is 0 Å². The van der Waals surface area contributed by atoms with Gasteiger partial charge in [-0.05, 0) is 60.0 Å². The molecule has 3 atom stereocenters. The summed E-state index contributed by atoms with van der Waals surface area (Å²) in [4.78, 5) is 59.6. The van der Waals surface area contributed by atoms with E-state index in [1.807, 2.05) is 19.9 Å². The van der Waals surface area contributed by atoms with Gasteiger partial charge in [-0.25, -0.2) is 0 Å². The molecule has 0 radical (unpaired) electrons. The summed E-state index contributed by atoms with van der Waals surface area (Å²) >= 11 is 0. The van der Waals surface area contributed by atoms with E-state index >= 15 is 0 Å². The van der Waals surface area contributed by atoms with E-state index in [2.05, 4.69) is 55.6 Å². The molecule has 2 aliphatic carbocycles. The monoisotopic (exact) mass is 615 g/mol. The molecule has 13 heteroatoms. The number of likely N-dealkylation sites (tertiary alicyclic amines) is 1. The number of piperidine rings is 1. The molecule has 0 aromatic carbocycles. The van der Waals surface area contributed by atoms with Gasteiger partial charge in [-0.15, -0.1) is 0 Å². The summed E-state index contributed by atoms with van der Waals surface area (Å²) in [7, 11) is 0. The Morgan fingerprint density at radius 1 is 1.09 bits per heavy atom. The first-order valence-corrected chi connectivity index (χ1v) is 14.6. The fraction of sp³-hybridized carbons (Fsp3) is 0.700. The summed E-state index contributed by atoms with van der Waals surface area (Å²) in [5.41, 5.74) is 12.0. The number of amides is 4. The van der Waals surface area contributed by atoms with Gasteiger partial charge in [0.25, 0.3) is 5.56 Å². The molecule has 2 heterocycles. The number of nitrogens with zero attached hydrogens (tertiary/aromatic N) is 1. The van der Waals surface area contributed by atoms with Crippen molar-refractivity contribution in [1.82, 2.24) is 15.2 Å². The van der Waals surface area contributed by atoms with Gasteiger partial charge < -0.3 is 26.7 Å². The molecule has 3 unspecified atom stereocenters. The van der Waals surface area contributed by atoms with Crippen LogP contribution in [0.15, 0.2) is 10.9 Å². The quantitative estimate of drug-likeness (QED) is 0.360. The topological polar surface area (TPSA) is 168 Å². The third kappa shape index (κ3) is 11.3. The highest BCUT2D eigenvalue weighted by Crippen LogP contribution is 2.62. The number of aromatic nitrogens is 1. The minimum absolute atomic E-state index is 0.122. The number of aryl methyl sites for hydroxylation is 2. The molecule has 1 saturated carbocycles. The number of H-pyrrole nitrogens is 1. The van der Waals surface area contributed by atoms with Gasteiger partial charge in [0.1, 0.15) is 6.04 Å². The molecule has 244 valence electrons. The zero-order valence-corrected chi connectivity index (χ0v) is 26.3.